The Bertz CT molecular complexity index is 2650. The predicted molar refractivity (Wildman–Crippen MR) is 272 cm³/mol. The zero-order chi connectivity index (χ0) is 50.0. The standard InChI is InChI=1S/2C19H14Cl2N4O6S3.H2O/c2*1-2-31-16(29)13(14-15(28)25(6-12(26)27)19(32)34-14)11-7-33-18(23-11)24-17(30)22-8-3-4-9(20)10(21)5-8;/h2*3-5,7H,2,6H2,1H3,(H,26,27)(H2,22,23,24,30);1H2. The number of urea groups is 2. The molecule has 0 unspecified atom stereocenters. The van der Waals surface area contributed by atoms with E-state index in [9.17, 15) is 38.4 Å². The van der Waals surface area contributed by atoms with Crippen molar-refractivity contribution in [3.05, 3.63) is 88.4 Å². The van der Waals surface area contributed by atoms with Gasteiger partial charge in [-0.05, 0) is 50.2 Å². The third-order valence-corrected chi connectivity index (χ3v) is 13.9. The Hall–Kier alpha value is -5.46. The highest BCUT2D eigenvalue weighted by Gasteiger charge is 2.40. The summed E-state index contributed by atoms with van der Waals surface area (Å²) in [5.74, 6) is -5.70. The van der Waals surface area contributed by atoms with Crippen LogP contribution in [0.5, 0.6) is 0 Å². The fourth-order valence-corrected chi connectivity index (χ4v) is 9.86. The van der Waals surface area contributed by atoms with Gasteiger partial charge in [-0.25, -0.2) is 29.1 Å². The second kappa shape index (κ2) is 25.4. The summed E-state index contributed by atoms with van der Waals surface area (Å²) in [5.41, 5.74) is 0.534. The highest BCUT2D eigenvalue weighted by atomic mass is 35.5. The highest BCUT2D eigenvalue weighted by Crippen LogP contribution is 2.40. The van der Waals surface area contributed by atoms with Crippen LogP contribution in [0.25, 0.3) is 11.1 Å². The maximum absolute atomic E-state index is 12.8. The molecular weight excluding hydrogens is 1110 g/mol. The number of thiocarbonyl (C=S) groups is 2. The second-order valence-corrected chi connectivity index (χ2v) is 19.3. The van der Waals surface area contributed by atoms with Gasteiger partial charge in [0.1, 0.15) is 32.9 Å². The lowest BCUT2D eigenvalue weighted by molar-refractivity contribution is -0.140. The Balaban J connectivity index is 0.000000296. The van der Waals surface area contributed by atoms with E-state index in [2.05, 4.69) is 31.2 Å². The monoisotopic (exact) mass is 1140 g/mol. The molecule has 31 heteroatoms. The summed E-state index contributed by atoms with van der Waals surface area (Å²) in [6, 6.07) is 7.82. The van der Waals surface area contributed by atoms with Crippen LogP contribution in [0.15, 0.2) is 57.0 Å². The number of nitrogens with zero attached hydrogens (tertiary/aromatic N) is 4. The van der Waals surface area contributed by atoms with Crippen LogP contribution in [0.2, 0.25) is 20.1 Å². The van der Waals surface area contributed by atoms with Crippen molar-refractivity contribution in [3.63, 3.8) is 0 Å². The Kier molecular flexibility index (Phi) is 20.7. The van der Waals surface area contributed by atoms with Gasteiger partial charge in [0.2, 0.25) is 0 Å². The number of hydrogen-bond donors (Lipinski definition) is 6. The van der Waals surface area contributed by atoms with Crippen molar-refractivity contribution in [1.29, 1.82) is 0 Å². The Labute approximate surface area is 436 Å². The van der Waals surface area contributed by atoms with Gasteiger partial charge >= 0.3 is 35.9 Å². The van der Waals surface area contributed by atoms with E-state index >= 15 is 0 Å². The van der Waals surface area contributed by atoms with Crippen molar-refractivity contribution < 1.29 is 63.5 Å². The molecule has 0 spiro atoms. The fourth-order valence-electron chi connectivity index (χ4n) is 5.23. The molecule has 4 aromatic rings. The minimum absolute atomic E-state index is 0. The first kappa shape index (κ1) is 56.1. The van der Waals surface area contributed by atoms with Crippen molar-refractivity contribution in [3.8, 4) is 0 Å². The Morgan fingerprint density at radius 2 is 0.986 bits per heavy atom. The molecule has 2 saturated heterocycles. The summed E-state index contributed by atoms with van der Waals surface area (Å²) in [7, 11) is 0. The van der Waals surface area contributed by atoms with Crippen molar-refractivity contribution in [2.24, 2.45) is 0 Å². The number of carboxylic acids is 2. The minimum Gasteiger partial charge on any atom is -0.480 e. The van der Waals surface area contributed by atoms with Crippen LogP contribution in [-0.4, -0.2) is 118 Å². The van der Waals surface area contributed by atoms with Crippen molar-refractivity contribution in [2.45, 2.75) is 13.8 Å². The average Bonchev–Trinajstić information content (AvgIpc) is 4.03. The number of carboxylic acid groups (broad SMARTS) is 2. The number of aromatic nitrogens is 2. The topological polar surface area (TPSA) is 307 Å². The number of anilines is 4. The van der Waals surface area contributed by atoms with Gasteiger partial charge in [-0.3, -0.25) is 39.6 Å². The molecule has 364 valence electrons. The summed E-state index contributed by atoms with van der Waals surface area (Å²) in [5, 5.41) is 32.5. The molecule has 6 amide bonds. The number of thioether (sulfide) groups is 2. The number of carbonyl (C=O) groups is 8. The third-order valence-electron chi connectivity index (χ3n) is 8.01. The van der Waals surface area contributed by atoms with Crippen LogP contribution in [0.3, 0.4) is 0 Å². The van der Waals surface area contributed by atoms with Gasteiger partial charge in [0.15, 0.2) is 10.3 Å². The van der Waals surface area contributed by atoms with E-state index in [0.29, 0.717) is 21.4 Å². The summed E-state index contributed by atoms with van der Waals surface area (Å²) < 4.78 is 10.1. The number of thiazole rings is 2. The van der Waals surface area contributed by atoms with Crippen LogP contribution >= 0.6 is 117 Å². The molecule has 0 saturated carbocycles. The lowest BCUT2D eigenvalue weighted by atomic mass is 10.2. The maximum atomic E-state index is 12.8. The molecule has 0 radical (unpaired) electrons. The predicted octanol–water partition coefficient (Wildman–Crippen LogP) is 7.80. The number of halogens is 4. The molecule has 0 aliphatic carbocycles. The summed E-state index contributed by atoms with van der Waals surface area (Å²) in [6.07, 6.45) is 0. The number of benzene rings is 2. The average molecular weight is 1140 g/mol. The maximum Gasteiger partial charge on any atom is 0.341 e. The fraction of sp³-hybridized carbons (Fsp3) is 0.158. The number of hydrogen-bond acceptors (Lipinski definition) is 18. The van der Waals surface area contributed by atoms with Crippen LogP contribution in [0.1, 0.15) is 25.2 Å². The van der Waals surface area contributed by atoms with Crippen molar-refractivity contribution in [1.82, 2.24) is 19.8 Å². The first-order chi connectivity index (χ1) is 32.2. The molecule has 21 nitrogen and oxygen atoms in total. The van der Waals surface area contributed by atoms with E-state index in [4.69, 9.17) is 90.5 Å². The van der Waals surface area contributed by atoms with Crippen molar-refractivity contribution >= 4 is 206 Å². The molecule has 6 rings (SSSR count). The van der Waals surface area contributed by atoms with Gasteiger partial charge in [-0.2, -0.15) is 0 Å². The Morgan fingerprint density at radius 1 is 0.623 bits per heavy atom. The molecule has 2 fully saturated rings. The minimum atomic E-state index is -1.26. The van der Waals surface area contributed by atoms with E-state index in [0.717, 1.165) is 56.0 Å². The highest BCUT2D eigenvalue weighted by molar-refractivity contribution is 8.27. The molecule has 2 aromatic heterocycles. The number of ether oxygens (including phenoxy) is 2. The third kappa shape index (κ3) is 14.8. The molecule has 0 bridgehead atoms. The van der Waals surface area contributed by atoms with E-state index in [1.165, 1.54) is 35.0 Å². The van der Waals surface area contributed by atoms with E-state index < -0.39 is 60.8 Å². The van der Waals surface area contributed by atoms with E-state index in [-0.39, 0.29) is 80.0 Å². The van der Waals surface area contributed by atoms with Crippen LogP contribution in [0.4, 0.5) is 31.2 Å². The zero-order valence-corrected chi connectivity index (χ0v) is 42.6. The smallest absolute Gasteiger partial charge is 0.341 e. The second-order valence-electron chi connectivity index (χ2n) is 12.6. The van der Waals surface area contributed by atoms with Gasteiger partial charge in [0.25, 0.3) is 11.8 Å². The SMILES string of the molecule is CCOC(=O)C(=C1SC(=S)N(CC(=O)O)C1=O)c1csc(NC(=O)Nc2ccc(Cl)c(Cl)c2)n1.CCOC(=O)C(=C1SC(=S)N(CC(=O)O)C1=O)c1csc(NC(=O)Nc2ccc(Cl)c(Cl)c2)n1.O. The molecule has 2 aromatic carbocycles. The van der Waals surface area contributed by atoms with Gasteiger partial charge in [0, 0.05) is 22.1 Å². The summed E-state index contributed by atoms with van der Waals surface area (Å²) in [6.45, 7) is 1.93. The van der Waals surface area contributed by atoms with E-state index in [1.54, 1.807) is 26.0 Å². The molecular formula is C38H30Cl4N8O13S6. The lowest BCUT2D eigenvalue weighted by Crippen LogP contribution is -2.33. The number of esters is 2. The molecule has 4 heterocycles. The summed E-state index contributed by atoms with van der Waals surface area (Å²) >= 11 is 37.3. The summed E-state index contributed by atoms with van der Waals surface area (Å²) in [4.78, 5) is 108. The van der Waals surface area contributed by atoms with Crippen LogP contribution < -0.4 is 21.3 Å². The quantitative estimate of drug-likeness (QED) is 0.0398. The molecule has 69 heavy (non-hydrogen) atoms. The van der Waals surface area contributed by atoms with Gasteiger partial charge in [0.05, 0.1) is 54.5 Å². The van der Waals surface area contributed by atoms with Gasteiger partial charge < -0.3 is 35.8 Å². The molecule has 2 aliphatic heterocycles. The number of nitrogens with one attached hydrogen (secondary N) is 4. The normalized spacial score (nSPS) is 14.5. The van der Waals surface area contributed by atoms with E-state index in [1.807, 2.05) is 0 Å². The van der Waals surface area contributed by atoms with Crippen molar-refractivity contribution in [2.75, 3.05) is 47.6 Å². The number of amides is 6. The van der Waals surface area contributed by atoms with Gasteiger partial charge in [-0.1, -0.05) is 94.4 Å². The number of rotatable bonds is 14. The van der Waals surface area contributed by atoms with Crippen LogP contribution in [-0.2, 0) is 38.2 Å². The van der Waals surface area contributed by atoms with Gasteiger partial charge in [-0.15, -0.1) is 22.7 Å². The molecule has 0 atom stereocenters. The number of carbonyl (C=O) groups excluding carboxylic acids is 6. The zero-order valence-electron chi connectivity index (χ0n) is 34.7. The first-order valence-electron chi connectivity index (χ1n) is 18.5. The number of aliphatic carboxylic acids is 2. The van der Waals surface area contributed by atoms with Crippen LogP contribution in [0, 0.1) is 0 Å². The molecule has 8 N–H and O–H groups in total. The lowest BCUT2D eigenvalue weighted by Gasteiger charge is -2.11. The Morgan fingerprint density at radius 3 is 1.30 bits per heavy atom. The first-order valence-corrected chi connectivity index (χ1v) is 24.2. The molecule has 2 aliphatic rings. The largest absolute Gasteiger partial charge is 0.480 e.